The zero-order chi connectivity index (χ0) is 17.4. The van der Waals surface area contributed by atoms with Crippen LogP contribution in [0.5, 0.6) is 0 Å². The fraction of sp³-hybridized carbons (Fsp3) is 0.647. The lowest BCUT2D eigenvalue weighted by molar-refractivity contribution is 0.0925. The maximum atomic E-state index is 11.9. The van der Waals surface area contributed by atoms with E-state index < -0.39 is 0 Å². The molecule has 1 atom stereocenters. The highest BCUT2D eigenvalue weighted by atomic mass is 16.3. The van der Waals surface area contributed by atoms with Crippen LogP contribution >= 0.6 is 0 Å². The summed E-state index contributed by atoms with van der Waals surface area (Å²) in [6.07, 6.45) is 4.73. The summed E-state index contributed by atoms with van der Waals surface area (Å²) in [5.74, 6) is 0.673. The lowest BCUT2D eigenvalue weighted by atomic mass is 10.2. The van der Waals surface area contributed by atoms with E-state index in [-0.39, 0.29) is 5.91 Å². The highest BCUT2D eigenvalue weighted by Gasteiger charge is 2.22. The van der Waals surface area contributed by atoms with Crippen molar-refractivity contribution in [1.29, 1.82) is 0 Å². The van der Waals surface area contributed by atoms with Crippen molar-refractivity contribution in [2.75, 3.05) is 32.7 Å². The molecule has 4 N–H and O–H groups in total. The van der Waals surface area contributed by atoms with E-state index in [1.54, 1.807) is 6.07 Å². The van der Waals surface area contributed by atoms with Crippen molar-refractivity contribution in [2.24, 2.45) is 10.7 Å². The third kappa shape index (κ3) is 5.26. The minimum atomic E-state index is -0.181. The van der Waals surface area contributed by atoms with Gasteiger partial charge in [-0.1, -0.05) is 6.92 Å². The number of aryl methyl sites for hydroxylation is 1. The summed E-state index contributed by atoms with van der Waals surface area (Å²) in [7, 11) is 0. The van der Waals surface area contributed by atoms with E-state index in [0.717, 1.165) is 25.1 Å². The Bertz CT molecular complexity index is 555. The Morgan fingerprint density at radius 1 is 1.46 bits per heavy atom. The Kier molecular flexibility index (Phi) is 7.11. The van der Waals surface area contributed by atoms with Crippen molar-refractivity contribution in [1.82, 2.24) is 15.5 Å². The number of amides is 1. The van der Waals surface area contributed by atoms with Gasteiger partial charge in [0.05, 0.1) is 12.8 Å². The molecule has 1 aromatic heterocycles. The highest BCUT2D eigenvalue weighted by Crippen LogP contribution is 2.16. The number of aliphatic imine (C=N–C) groups is 1. The summed E-state index contributed by atoms with van der Waals surface area (Å²) in [6, 6.07) is 2.30. The number of hydrogen-bond acceptors (Lipinski definition) is 4. The van der Waals surface area contributed by atoms with Gasteiger partial charge >= 0.3 is 0 Å². The summed E-state index contributed by atoms with van der Waals surface area (Å²) in [6.45, 7) is 8.26. The van der Waals surface area contributed by atoms with Crippen molar-refractivity contribution < 1.29 is 9.21 Å². The summed E-state index contributed by atoms with van der Waals surface area (Å²) in [5, 5.41) is 5.92. The van der Waals surface area contributed by atoms with Crippen molar-refractivity contribution in [3.63, 3.8) is 0 Å². The molecule has 1 saturated heterocycles. The second kappa shape index (κ2) is 9.32. The number of likely N-dealkylation sites (N-methyl/N-ethyl adjacent to an activating group) is 1. The number of hydrogen-bond donors (Lipinski definition) is 3. The number of nitrogens with one attached hydrogen (secondary N) is 2. The van der Waals surface area contributed by atoms with Crippen LogP contribution in [0.4, 0.5) is 0 Å². The molecule has 1 aliphatic heterocycles. The molecule has 1 amide bonds. The van der Waals surface area contributed by atoms with Crippen LogP contribution in [0.1, 0.15) is 42.3 Å². The van der Waals surface area contributed by atoms with E-state index in [1.807, 2.05) is 6.92 Å². The van der Waals surface area contributed by atoms with E-state index in [2.05, 4.69) is 27.4 Å². The summed E-state index contributed by atoms with van der Waals surface area (Å²) >= 11 is 0. The molecule has 24 heavy (non-hydrogen) atoms. The lowest BCUT2D eigenvalue weighted by Crippen LogP contribution is -2.37. The van der Waals surface area contributed by atoms with E-state index in [0.29, 0.717) is 30.9 Å². The average Bonchev–Trinajstić information content (AvgIpc) is 3.20. The number of carbonyl (C=O) groups is 1. The number of nitrogens with zero attached hydrogens (tertiary/aromatic N) is 2. The van der Waals surface area contributed by atoms with Gasteiger partial charge in [0.15, 0.2) is 11.7 Å². The number of carbonyl (C=O) groups excluding carboxylic acids is 1. The van der Waals surface area contributed by atoms with Crippen LogP contribution in [0.2, 0.25) is 0 Å². The van der Waals surface area contributed by atoms with Crippen LogP contribution in [0.15, 0.2) is 21.7 Å². The van der Waals surface area contributed by atoms with E-state index in [4.69, 9.17) is 10.2 Å². The second-order valence-corrected chi connectivity index (χ2v) is 6.12. The molecule has 0 radical (unpaired) electrons. The van der Waals surface area contributed by atoms with Crippen molar-refractivity contribution >= 4 is 11.9 Å². The number of rotatable bonds is 8. The van der Waals surface area contributed by atoms with Crippen LogP contribution in [0.3, 0.4) is 0 Å². The molecule has 1 unspecified atom stereocenters. The predicted octanol–water partition coefficient (Wildman–Crippen LogP) is 1.10. The Hall–Kier alpha value is -2.02. The molecule has 7 nitrogen and oxygen atoms in total. The fourth-order valence-corrected chi connectivity index (χ4v) is 2.97. The van der Waals surface area contributed by atoms with Gasteiger partial charge in [0.25, 0.3) is 5.91 Å². The quantitative estimate of drug-likeness (QED) is 0.375. The van der Waals surface area contributed by atoms with Crippen LogP contribution < -0.4 is 16.4 Å². The predicted molar refractivity (Wildman–Crippen MR) is 95.2 cm³/mol. The zero-order valence-electron chi connectivity index (χ0n) is 14.7. The Morgan fingerprint density at radius 3 is 2.96 bits per heavy atom. The Balaban J connectivity index is 1.59. The molecule has 1 aliphatic rings. The molecule has 0 aromatic carbocycles. The van der Waals surface area contributed by atoms with Gasteiger partial charge in [0, 0.05) is 24.7 Å². The molecule has 1 aromatic rings. The van der Waals surface area contributed by atoms with Gasteiger partial charge in [0.1, 0.15) is 0 Å². The molecule has 0 saturated carbocycles. The first-order valence-electron chi connectivity index (χ1n) is 8.72. The molecule has 2 heterocycles. The third-order valence-electron chi connectivity index (χ3n) is 4.39. The summed E-state index contributed by atoms with van der Waals surface area (Å²) in [5.41, 5.74) is 6.74. The van der Waals surface area contributed by atoms with Gasteiger partial charge in [-0.05, 0) is 45.3 Å². The molecule has 0 bridgehead atoms. The normalized spacial score (nSPS) is 18.8. The topological polar surface area (TPSA) is 95.9 Å². The third-order valence-corrected chi connectivity index (χ3v) is 4.39. The van der Waals surface area contributed by atoms with Gasteiger partial charge in [-0.2, -0.15) is 0 Å². The largest absolute Gasteiger partial charge is 0.459 e. The number of furan rings is 1. The van der Waals surface area contributed by atoms with E-state index >= 15 is 0 Å². The Labute approximate surface area is 143 Å². The smallest absolute Gasteiger partial charge is 0.287 e. The van der Waals surface area contributed by atoms with Crippen molar-refractivity contribution in [3.05, 3.63) is 23.7 Å². The minimum absolute atomic E-state index is 0.181. The molecule has 7 heteroatoms. The first kappa shape index (κ1) is 18.3. The fourth-order valence-electron chi connectivity index (χ4n) is 2.97. The van der Waals surface area contributed by atoms with Gasteiger partial charge in [0.2, 0.25) is 0 Å². The molecule has 2 rings (SSSR count). The van der Waals surface area contributed by atoms with E-state index in [9.17, 15) is 4.79 Å². The van der Waals surface area contributed by atoms with Crippen LogP contribution in [0.25, 0.3) is 0 Å². The van der Waals surface area contributed by atoms with Crippen molar-refractivity contribution in [2.45, 2.75) is 39.2 Å². The average molecular weight is 335 g/mol. The van der Waals surface area contributed by atoms with Crippen LogP contribution in [-0.4, -0.2) is 55.5 Å². The maximum absolute atomic E-state index is 11.9. The zero-order valence-corrected chi connectivity index (χ0v) is 14.7. The summed E-state index contributed by atoms with van der Waals surface area (Å²) in [4.78, 5) is 18.7. The Morgan fingerprint density at radius 2 is 2.25 bits per heavy atom. The lowest BCUT2D eigenvalue weighted by Gasteiger charge is -2.20. The maximum Gasteiger partial charge on any atom is 0.287 e. The first-order valence-corrected chi connectivity index (χ1v) is 8.72. The van der Waals surface area contributed by atoms with Gasteiger partial charge in [-0.3, -0.25) is 14.7 Å². The van der Waals surface area contributed by atoms with E-state index in [1.165, 1.54) is 25.6 Å². The van der Waals surface area contributed by atoms with Gasteiger partial charge < -0.3 is 20.8 Å². The van der Waals surface area contributed by atoms with Crippen molar-refractivity contribution in [3.8, 4) is 0 Å². The standard InChI is InChI=1S/C17H29N5O2/c1-3-22-10-4-6-14(22)12-21-17(18)20-9-5-8-19-16(23)15-13(2)7-11-24-15/h7,11,14H,3-6,8-10,12H2,1-2H3,(H,19,23)(H3,18,20,21). The highest BCUT2D eigenvalue weighted by molar-refractivity contribution is 5.92. The SMILES string of the molecule is CCN1CCCC1CN=C(N)NCCCNC(=O)c1occc1C. The molecule has 1 fully saturated rings. The first-order chi connectivity index (χ1) is 11.6. The van der Waals surface area contributed by atoms with Gasteiger partial charge in [-0.15, -0.1) is 0 Å². The molecular weight excluding hydrogens is 306 g/mol. The molecule has 0 aliphatic carbocycles. The van der Waals surface area contributed by atoms with Crippen LogP contribution in [-0.2, 0) is 0 Å². The number of likely N-dealkylation sites (tertiary alicyclic amines) is 1. The van der Waals surface area contributed by atoms with Gasteiger partial charge in [-0.25, -0.2) is 0 Å². The molecule has 0 spiro atoms. The molecular formula is C17H29N5O2. The summed E-state index contributed by atoms with van der Waals surface area (Å²) < 4.78 is 5.15. The molecule has 134 valence electrons. The number of guanidine groups is 1. The van der Waals surface area contributed by atoms with Crippen LogP contribution in [0, 0.1) is 6.92 Å². The second-order valence-electron chi connectivity index (χ2n) is 6.12. The number of nitrogens with two attached hydrogens (primary N) is 1. The minimum Gasteiger partial charge on any atom is -0.459 e. The monoisotopic (exact) mass is 335 g/mol.